The lowest BCUT2D eigenvalue weighted by Gasteiger charge is -2.23. The summed E-state index contributed by atoms with van der Waals surface area (Å²) in [4.78, 5) is 14.9. The highest BCUT2D eigenvalue weighted by atomic mass is 32.1. The highest BCUT2D eigenvalue weighted by molar-refractivity contribution is 7.21. The Hall–Kier alpha value is -1.75. The molecule has 1 unspecified atom stereocenters. The van der Waals surface area contributed by atoms with Crippen molar-refractivity contribution in [2.45, 2.75) is 26.3 Å². The summed E-state index contributed by atoms with van der Waals surface area (Å²) < 4.78 is 6.31. The molecule has 0 fully saturated rings. The first-order chi connectivity index (χ1) is 9.51. The normalized spacial score (nSPS) is 12.4. The average molecular weight is 292 g/mol. The summed E-state index contributed by atoms with van der Waals surface area (Å²) in [5.74, 6) is 0.682. The summed E-state index contributed by atoms with van der Waals surface area (Å²) in [5, 5.41) is 0.834. The third-order valence-electron chi connectivity index (χ3n) is 3.70. The Balaban J connectivity index is 2.51. The van der Waals surface area contributed by atoms with Crippen LogP contribution in [0.3, 0.4) is 0 Å². The number of rotatable bonds is 4. The number of nitrogens with zero attached hydrogens (tertiary/aromatic N) is 1. The molecule has 4 nitrogen and oxygen atoms in total. The van der Waals surface area contributed by atoms with Crippen LogP contribution in [-0.2, 0) is 0 Å². The molecule has 2 aromatic rings. The van der Waals surface area contributed by atoms with Gasteiger partial charge in [0.1, 0.15) is 10.6 Å². The molecule has 0 bridgehead atoms. The standard InChI is InChI=1S/C15H20N2O2S/c1-5-9(2)17(3)15(18)14-13(16)12-10(19-4)7-6-8-11(12)20-14/h6-9H,5,16H2,1-4H3. The number of nitrogens with two attached hydrogens (primary N) is 1. The topological polar surface area (TPSA) is 55.6 Å². The number of anilines is 1. The summed E-state index contributed by atoms with van der Waals surface area (Å²) in [7, 11) is 3.43. The molecule has 1 aromatic carbocycles. The van der Waals surface area contributed by atoms with Gasteiger partial charge < -0.3 is 15.4 Å². The van der Waals surface area contributed by atoms with E-state index in [2.05, 4.69) is 6.92 Å². The first kappa shape index (κ1) is 14.7. The van der Waals surface area contributed by atoms with Crippen molar-refractivity contribution in [3.05, 3.63) is 23.1 Å². The molecule has 0 aliphatic carbocycles. The number of hydrogen-bond donors (Lipinski definition) is 1. The highest BCUT2D eigenvalue weighted by Gasteiger charge is 2.23. The number of ether oxygens (including phenoxy) is 1. The van der Waals surface area contributed by atoms with Gasteiger partial charge in [-0.1, -0.05) is 13.0 Å². The maximum absolute atomic E-state index is 12.6. The lowest BCUT2D eigenvalue weighted by Crippen LogP contribution is -2.34. The smallest absolute Gasteiger partial charge is 0.266 e. The zero-order valence-corrected chi connectivity index (χ0v) is 13.1. The largest absolute Gasteiger partial charge is 0.496 e. The molecule has 1 heterocycles. The van der Waals surface area contributed by atoms with Crippen LogP contribution < -0.4 is 10.5 Å². The molecule has 0 saturated carbocycles. The monoisotopic (exact) mass is 292 g/mol. The lowest BCUT2D eigenvalue weighted by atomic mass is 10.2. The first-order valence-electron chi connectivity index (χ1n) is 6.63. The van der Waals surface area contributed by atoms with Crippen molar-refractivity contribution in [1.29, 1.82) is 0 Å². The molecule has 5 heteroatoms. The fraction of sp³-hybridized carbons (Fsp3) is 0.400. The Morgan fingerprint density at radius 2 is 2.20 bits per heavy atom. The second kappa shape index (κ2) is 5.71. The van der Waals surface area contributed by atoms with E-state index in [1.54, 1.807) is 12.0 Å². The molecule has 2 N–H and O–H groups in total. The predicted molar refractivity (Wildman–Crippen MR) is 84.6 cm³/mol. The molecule has 1 atom stereocenters. The number of benzene rings is 1. The molecule has 0 spiro atoms. The molecule has 1 amide bonds. The van der Waals surface area contributed by atoms with Crippen molar-refractivity contribution >= 4 is 33.0 Å². The van der Waals surface area contributed by atoms with Gasteiger partial charge in [-0.2, -0.15) is 0 Å². The Labute approximate surface area is 123 Å². The van der Waals surface area contributed by atoms with Gasteiger partial charge in [-0.25, -0.2) is 0 Å². The highest BCUT2D eigenvalue weighted by Crippen LogP contribution is 2.39. The summed E-state index contributed by atoms with van der Waals surface area (Å²) >= 11 is 1.42. The van der Waals surface area contributed by atoms with Crippen molar-refractivity contribution in [2.75, 3.05) is 19.9 Å². The summed E-state index contributed by atoms with van der Waals surface area (Å²) in [6, 6.07) is 5.91. The second-order valence-electron chi connectivity index (χ2n) is 4.85. The van der Waals surface area contributed by atoms with Crippen molar-refractivity contribution in [2.24, 2.45) is 0 Å². The van der Waals surface area contributed by atoms with Crippen LogP contribution in [0.15, 0.2) is 18.2 Å². The number of methoxy groups -OCH3 is 1. The van der Waals surface area contributed by atoms with Gasteiger partial charge in [0, 0.05) is 17.8 Å². The van der Waals surface area contributed by atoms with E-state index in [9.17, 15) is 4.79 Å². The Morgan fingerprint density at radius 3 is 2.80 bits per heavy atom. The van der Waals surface area contributed by atoms with Crippen LogP contribution in [0.25, 0.3) is 10.1 Å². The summed E-state index contributed by atoms with van der Waals surface area (Å²) in [6.45, 7) is 4.09. The van der Waals surface area contributed by atoms with E-state index in [4.69, 9.17) is 10.5 Å². The van der Waals surface area contributed by atoms with Crippen molar-refractivity contribution < 1.29 is 9.53 Å². The van der Waals surface area contributed by atoms with Gasteiger partial charge >= 0.3 is 0 Å². The van der Waals surface area contributed by atoms with Crippen LogP contribution in [0.2, 0.25) is 0 Å². The minimum Gasteiger partial charge on any atom is -0.496 e. The van der Waals surface area contributed by atoms with E-state index in [1.165, 1.54) is 11.3 Å². The van der Waals surface area contributed by atoms with Crippen molar-refractivity contribution in [1.82, 2.24) is 4.90 Å². The molecule has 0 radical (unpaired) electrons. The van der Waals surface area contributed by atoms with E-state index in [-0.39, 0.29) is 11.9 Å². The fourth-order valence-electron chi connectivity index (χ4n) is 2.10. The quantitative estimate of drug-likeness (QED) is 0.940. The molecular weight excluding hydrogens is 272 g/mol. The van der Waals surface area contributed by atoms with Crippen LogP contribution in [0.4, 0.5) is 5.69 Å². The van der Waals surface area contributed by atoms with Crippen LogP contribution in [0.1, 0.15) is 29.9 Å². The minimum atomic E-state index is -0.0277. The average Bonchev–Trinajstić information content (AvgIpc) is 2.82. The molecule has 0 saturated heterocycles. The maximum atomic E-state index is 12.6. The van der Waals surface area contributed by atoms with Gasteiger partial charge in [0.15, 0.2) is 0 Å². The van der Waals surface area contributed by atoms with Gasteiger partial charge in [0.2, 0.25) is 0 Å². The molecule has 0 aliphatic heterocycles. The van der Waals surface area contributed by atoms with E-state index in [0.717, 1.165) is 16.5 Å². The Kier molecular flexibility index (Phi) is 4.18. The number of nitrogen functional groups attached to an aromatic ring is 1. The number of hydrogen-bond acceptors (Lipinski definition) is 4. The Bertz CT molecular complexity index is 636. The number of thiophene rings is 1. The van der Waals surface area contributed by atoms with Gasteiger partial charge in [-0.15, -0.1) is 11.3 Å². The van der Waals surface area contributed by atoms with E-state index in [1.807, 2.05) is 32.2 Å². The minimum absolute atomic E-state index is 0.0277. The van der Waals surface area contributed by atoms with Crippen LogP contribution >= 0.6 is 11.3 Å². The Morgan fingerprint density at radius 1 is 1.50 bits per heavy atom. The second-order valence-corrected chi connectivity index (χ2v) is 5.90. The fourth-order valence-corrected chi connectivity index (χ4v) is 3.23. The summed E-state index contributed by atoms with van der Waals surface area (Å²) in [5.41, 5.74) is 6.69. The maximum Gasteiger partial charge on any atom is 0.266 e. The van der Waals surface area contributed by atoms with Gasteiger partial charge in [0.25, 0.3) is 5.91 Å². The number of amides is 1. The number of carbonyl (C=O) groups excluding carboxylic acids is 1. The van der Waals surface area contributed by atoms with E-state index >= 15 is 0 Å². The van der Waals surface area contributed by atoms with E-state index in [0.29, 0.717) is 16.3 Å². The van der Waals surface area contributed by atoms with Crippen LogP contribution in [0, 0.1) is 0 Å². The number of fused-ring (bicyclic) bond motifs is 1. The predicted octanol–water partition coefficient (Wildman–Crippen LogP) is 3.36. The third-order valence-corrected chi connectivity index (χ3v) is 4.86. The molecule has 108 valence electrons. The van der Waals surface area contributed by atoms with Crippen LogP contribution in [0.5, 0.6) is 5.75 Å². The van der Waals surface area contributed by atoms with Gasteiger partial charge in [-0.3, -0.25) is 4.79 Å². The van der Waals surface area contributed by atoms with Crippen molar-refractivity contribution in [3.63, 3.8) is 0 Å². The van der Waals surface area contributed by atoms with Gasteiger partial charge in [0.05, 0.1) is 18.2 Å². The molecule has 0 aliphatic rings. The zero-order valence-electron chi connectivity index (χ0n) is 12.3. The first-order valence-corrected chi connectivity index (χ1v) is 7.45. The lowest BCUT2D eigenvalue weighted by molar-refractivity contribution is 0.0746. The number of carbonyl (C=O) groups is 1. The SMILES string of the molecule is CCC(C)N(C)C(=O)c1sc2cccc(OC)c2c1N. The summed E-state index contributed by atoms with van der Waals surface area (Å²) in [6.07, 6.45) is 0.913. The van der Waals surface area contributed by atoms with E-state index < -0.39 is 0 Å². The van der Waals surface area contributed by atoms with Gasteiger partial charge in [-0.05, 0) is 25.5 Å². The molecule has 20 heavy (non-hydrogen) atoms. The van der Waals surface area contributed by atoms with Crippen molar-refractivity contribution in [3.8, 4) is 5.75 Å². The van der Waals surface area contributed by atoms with Crippen LogP contribution in [-0.4, -0.2) is 31.0 Å². The molecular formula is C15H20N2O2S. The zero-order chi connectivity index (χ0) is 14.9. The third kappa shape index (κ3) is 2.33. The molecule has 1 aromatic heterocycles. The molecule has 2 rings (SSSR count).